The van der Waals surface area contributed by atoms with Gasteiger partial charge >= 0.3 is 5.97 Å². The van der Waals surface area contributed by atoms with Crippen LogP contribution in [0.25, 0.3) is 0 Å². The number of likely N-dealkylation sites (N-methyl/N-ethyl adjacent to an activating group) is 1. The molecule has 156 valence electrons. The van der Waals surface area contributed by atoms with Crippen molar-refractivity contribution in [3.8, 4) is 5.75 Å². The first-order chi connectivity index (χ1) is 13.5. The van der Waals surface area contributed by atoms with Gasteiger partial charge in [0.1, 0.15) is 12.4 Å². The van der Waals surface area contributed by atoms with Crippen LogP contribution in [-0.2, 0) is 25.5 Å². The third-order valence-electron chi connectivity index (χ3n) is 4.70. The highest BCUT2D eigenvalue weighted by Gasteiger charge is 2.21. The maximum atomic E-state index is 12.1. The first-order valence-electron chi connectivity index (χ1n) is 9.99. The molecule has 1 aliphatic rings. The summed E-state index contributed by atoms with van der Waals surface area (Å²) in [6, 6.07) is 7.60. The molecule has 0 bridgehead atoms. The molecule has 0 spiro atoms. The SMILES string of the molecule is CCOC(=O)C(Cc1ccc(OCCN2CCN(C)CCC2=O)cc1)OCC. The Kier molecular flexibility index (Phi) is 9.23. The van der Waals surface area contributed by atoms with E-state index in [1.165, 1.54) is 0 Å². The largest absolute Gasteiger partial charge is 0.492 e. The third kappa shape index (κ3) is 7.13. The van der Waals surface area contributed by atoms with Crippen molar-refractivity contribution >= 4 is 11.9 Å². The number of carbonyl (C=O) groups excluding carboxylic acids is 2. The van der Waals surface area contributed by atoms with Gasteiger partial charge in [-0.15, -0.1) is 0 Å². The fourth-order valence-corrected chi connectivity index (χ4v) is 3.07. The zero-order valence-corrected chi connectivity index (χ0v) is 17.2. The molecule has 2 rings (SSSR count). The molecule has 1 saturated heterocycles. The lowest BCUT2D eigenvalue weighted by molar-refractivity contribution is -0.156. The van der Waals surface area contributed by atoms with Gasteiger partial charge in [-0.1, -0.05) is 12.1 Å². The fraction of sp³-hybridized carbons (Fsp3) is 0.619. The van der Waals surface area contributed by atoms with Crippen LogP contribution in [0.1, 0.15) is 25.8 Å². The number of hydrogen-bond donors (Lipinski definition) is 0. The van der Waals surface area contributed by atoms with Gasteiger partial charge in [0.15, 0.2) is 6.10 Å². The smallest absolute Gasteiger partial charge is 0.335 e. The lowest BCUT2D eigenvalue weighted by Gasteiger charge is -2.21. The molecule has 0 N–H and O–H groups in total. The summed E-state index contributed by atoms with van der Waals surface area (Å²) in [5.74, 6) is 0.592. The van der Waals surface area contributed by atoms with Gasteiger partial charge in [0.05, 0.1) is 13.2 Å². The van der Waals surface area contributed by atoms with Gasteiger partial charge in [0, 0.05) is 39.1 Å². The summed E-state index contributed by atoms with van der Waals surface area (Å²) in [5.41, 5.74) is 0.976. The van der Waals surface area contributed by atoms with Crippen molar-refractivity contribution in [2.24, 2.45) is 0 Å². The van der Waals surface area contributed by atoms with Crippen molar-refractivity contribution in [2.45, 2.75) is 32.8 Å². The summed E-state index contributed by atoms with van der Waals surface area (Å²) in [5, 5.41) is 0. The van der Waals surface area contributed by atoms with Crippen LogP contribution < -0.4 is 4.74 Å². The van der Waals surface area contributed by atoms with Crippen LogP contribution >= 0.6 is 0 Å². The zero-order chi connectivity index (χ0) is 20.4. The van der Waals surface area contributed by atoms with E-state index >= 15 is 0 Å². The minimum absolute atomic E-state index is 0.184. The molecule has 7 heteroatoms. The van der Waals surface area contributed by atoms with Gasteiger partial charge in [-0.3, -0.25) is 4.79 Å². The molecule has 1 amide bonds. The number of nitrogens with zero attached hydrogens (tertiary/aromatic N) is 2. The minimum Gasteiger partial charge on any atom is -0.492 e. The highest BCUT2D eigenvalue weighted by molar-refractivity contribution is 5.76. The molecule has 1 heterocycles. The molecular weight excluding hydrogens is 360 g/mol. The van der Waals surface area contributed by atoms with E-state index in [9.17, 15) is 9.59 Å². The molecule has 1 aliphatic heterocycles. The van der Waals surface area contributed by atoms with Crippen LogP contribution in [0.4, 0.5) is 0 Å². The zero-order valence-electron chi connectivity index (χ0n) is 17.2. The van der Waals surface area contributed by atoms with Gasteiger partial charge in [0.2, 0.25) is 5.91 Å². The molecule has 0 radical (unpaired) electrons. The Morgan fingerprint density at radius 1 is 1.11 bits per heavy atom. The number of ether oxygens (including phenoxy) is 3. The second-order valence-corrected chi connectivity index (χ2v) is 6.83. The van der Waals surface area contributed by atoms with Crippen LogP contribution in [0.3, 0.4) is 0 Å². The Morgan fingerprint density at radius 2 is 1.86 bits per heavy atom. The van der Waals surface area contributed by atoms with Gasteiger partial charge < -0.3 is 24.0 Å². The lowest BCUT2D eigenvalue weighted by Crippen LogP contribution is -2.35. The topological polar surface area (TPSA) is 68.3 Å². The average Bonchev–Trinajstić information content (AvgIpc) is 2.84. The number of esters is 1. The summed E-state index contributed by atoms with van der Waals surface area (Å²) < 4.78 is 16.4. The highest BCUT2D eigenvalue weighted by Crippen LogP contribution is 2.15. The summed E-state index contributed by atoms with van der Waals surface area (Å²) in [7, 11) is 2.03. The normalized spacial score (nSPS) is 16.5. The van der Waals surface area contributed by atoms with Gasteiger partial charge in [-0.2, -0.15) is 0 Å². The quantitative estimate of drug-likeness (QED) is 0.565. The second-order valence-electron chi connectivity index (χ2n) is 6.83. The van der Waals surface area contributed by atoms with Crippen LogP contribution in [-0.4, -0.2) is 80.8 Å². The Morgan fingerprint density at radius 3 is 2.54 bits per heavy atom. The predicted molar refractivity (Wildman–Crippen MR) is 106 cm³/mol. The van der Waals surface area contributed by atoms with Crippen LogP contribution in [0.5, 0.6) is 5.75 Å². The van der Waals surface area contributed by atoms with E-state index in [0.29, 0.717) is 39.2 Å². The third-order valence-corrected chi connectivity index (χ3v) is 4.70. The van der Waals surface area contributed by atoms with Crippen molar-refractivity contribution in [3.63, 3.8) is 0 Å². The average molecular weight is 392 g/mol. The molecular formula is C21H32N2O5. The minimum atomic E-state index is -0.594. The summed E-state index contributed by atoms with van der Waals surface area (Å²) in [6.07, 6.45) is 0.430. The Hall–Kier alpha value is -2.12. The van der Waals surface area contributed by atoms with Crippen molar-refractivity contribution in [1.29, 1.82) is 0 Å². The Balaban J connectivity index is 1.81. The van der Waals surface area contributed by atoms with Gasteiger partial charge in [-0.25, -0.2) is 4.79 Å². The monoisotopic (exact) mass is 392 g/mol. The summed E-state index contributed by atoms with van der Waals surface area (Å²) >= 11 is 0. The van der Waals surface area contributed by atoms with E-state index < -0.39 is 6.10 Å². The Bertz CT molecular complexity index is 620. The summed E-state index contributed by atoms with van der Waals surface area (Å²) in [6.45, 7) is 7.92. The van der Waals surface area contributed by atoms with E-state index in [0.717, 1.165) is 30.9 Å². The van der Waals surface area contributed by atoms with Gasteiger partial charge in [-0.05, 0) is 38.6 Å². The molecule has 1 atom stereocenters. The number of hydrogen-bond acceptors (Lipinski definition) is 6. The van der Waals surface area contributed by atoms with Crippen LogP contribution in [0, 0.1) is 0 Å². The van der Waals surface area contributed by atoms with Gasteiger partial charge in [0.25, 0.3) is 0 Å². The molecule has 28 heavy (non-hydrogen) atoms. The van der Waals surface area contributed by atoms with Crippen LogP contribution in [0.15, 0.2) is 24.3 Å². The van der Waals surface area contributed by atoms with E-state index in [1.807, 2.05) is 43.1 Å². The van der Waals surface area contributed by atoms with E-state index in [4.69, 9.17) is 14.2 Å². The molecule has 0 saturated carbocycles. The van der Waals surface area contributed by atoms with E-state index in [-0.39, 0.29) is 11.9 Å². The lowest BCUT2D eigenvalue weighted by atomic mass is 10.1. The summed E-state index contributed by atoms with van der Waals surface area (Å²) in [4.78, 5) is 28.1. The molecule has 0 aromatic heterocycles. The number of carbonyl (C=O) groups is 2. The fourth-order valence-electron chi connectivity index (χ4n) is 3.07. The molecule has 1 aromatic rings. The van der Waals surface area contributed by atoms with Crippen molar-refractivity contribution in [3.05, 3.63) is 29.8 Å². The molecule has 7 nitrogen and oxygen atoms in total. The van der Waals surface area contributed by atoms with Crippen molar-refractivity contribution in [2.75, 3.05) is 53.0 Å². The first kappa shape index (κ1) is 22.2. The number of benzene rings is 1. The molecule has 1 fully saturated rings. The predicted octanol–water partition coefficient (Wildman–Crippen LogP) is 1.74. The Labute approximate surface area is 167 Å². The standard InChI is InChI=1S/C21H32N2O5/c1-4-26-19(21(25)27-5-2)16-17-6-8-18(9-7-17)28-15-14-23-13-12-22(3)11-10-20(23)24/h6-9,19H,4-5,10-16H2,1-3H3. The number of amides is 1. The maximum Gasteiger partial charge on any atom is 0.335 e. The van der Waals surface area contributed by atoms with E-state index in [2.05, 4.69) is 4.90 Å². The highest BCUT2D eigenvalue weighted by atomic mass is 16.6. The molecule has 1 aromatic carbocycles. The van der Waals surface area contributed by atoms with Crippen LogP contribution in [0.2, 0.25) is 0 Å². The number of rotatable bonds is 10. The van der Waals surface area contributed by atoms with E-state index in [1.54, 1.807) is 6.92 Å². The molecule has 1 unspecified atom stereocenters. The van der Waals surface area contributed by atoms with Crippen molar-refractivity contribution in [1.82, 2.24) is 9.80 Å². The maximum absolute atomic E-state index is 12.1. The first-order valence-corrected chi connectivity index (χ1v) is 9.99. The second kappa shape index (κ2) is 11.7. The van der Waals surface area contributed by atoms with Crippen molar-refractivity contribution < 1.29 is 23.8 Å². The molecule has 0 aliphatic carbocycles.